The summed E-state index contributed by atoms with van der Waals surface area (Å²) in [6.07, 6.45) is 1.55. The van der Waals surface area contributed by atoms with Crippen LogP contribution in [0.4, 0.5) is 0 Å². The molecule has 0 aliphatic carbocycles. The first-order chi connectivity index (χ1) is 12.1. The molecular formula is C19H32O7. The number of hydrogen-bond donors (Lipinski definition) is 4. The van der Waals surface area contributed by atoms with Crippen molar-refractivity contribution in [2.75, 3.05) is 13.2 Å². The smallest absolute Gasteiger partial charge is 0.167 e. The zero-order valence-electron chi connectivity index (χ0n) is 16.0. The van der Waals surface area contributed by atoms with Crippen LogP contribution in [0.5, 0.6) is 0 Å². The van der Waals surface area contributed by atoms with Gasteiger partial charge < -0.3 is 29.9 Å². The van der Waals surface area contributed by atoms with E-state index in [4.69, 9.17) is 9.47 Å². The number of carbonyl (C=O) groups excluding carboxylic acids is 1. The molecule has 150 valence electrons. The van der Waals surface area contributed by atoms with E-state index < -0.39 is 47.8 Å². The fourth-order valence-electron chi connectivity index (χ4n) is 3.93. The highest BCUT2D eigenvalue weighted by atomic mass is 16.6. The average Bonchev–Trinajstić information content (AvgIpc) is 3.29. The molecule has 2 unspecified atom stereocenters. The average molecular weight is 372 g/mol. The zero-order valence-corrected chi connectivity index (χ0v) is 16.0. The lowest BCUT2D eigenvalue weighted by molar-refractivity contribution is -0.258. The van der Waals surface area contributed by atoms with Gasteiger partial charge in [0.2, 0.25) is 0 Å². The number of ketones is 1. The van der Waals surface area contributed by atoms with Crippen LogP contribution in [0.25, 0.3) is 0 Å². The predicted octanol–water partition coefficient (Wildman–Crippen LogP) is 0.391. The number of Topliss-reactive ketones (excluding diaryl/α,β-unsaturated/α-hetero) is 1. The quantitative estimate of drug-likeness (QED) is 0.359. The Bertz CT molecular complexity index is 536. The van der Waals surface area contributed by atoms with E-state index in [1.54, 1.807) is 13.8 Å². The first kappa shape index (κ1) is 21.5. The minimum atomic E-state index is -1.44. The largest absolute Gasteiger partial charge is 0.396 e. The third kappa shape index (κ3) is 4.03. The highest BCUT2D eigenvalue weighted by molar-refractivity contribution is 5.85. The van der Waals surface area contributed by atoms with E-state index >= 15 is 0 Å². The van der Waals surface area contributed by atoms with Gasteiger partial charge in [0.25, 0.3) is 0 Å². The summed E-state index contributed by atoms with van der Waals surface area (Å²) in [6, 6.07) is 0. The summed E-state index contributed by atoms with van der Waals surface area (Å²) in [6.45, 7) is 6.61. The number of ether oxygens (including phenoxy) is 2. The molecule has 2 heterocycles. The SMILES string of the molecule is C/C=C\[C@H](C)[C@H]1OC1(C)[C@@H](O)[C@@H](CO)C(=O)[C@H]1COC(O)(CC)C[C@H]1O. The van der Waals surface area contributed by atoms with Crippen molar-refractivity contribution in [3.05, 3.63) is 12.2 Å². The molecule has 0 spiro atoms. The highest BCUT2D eigenvalue weighted by Crippen LogP contribution is 2.47. The number of rotatable bonds is 8. The molecule has 0 aromatic carbocycles. The molecule has 7 heteroatoms. The van der Waals surface area contributed by atoms with Crippen LogP contribution in [0.1, 0.15) is 40.5 Å². The maximum atomic E-state index is 12.8. The summed E-state index contributed by atoms with van der Waals surface area (Å²) < 4.78 is 11.0. The number of aliphatic hydroxyl groups is 4. The molecule has 0 radical (unpaired) electrons. The molecule has 0 aromatic rings. The molecule has 2 rings (SSSR count). The highest BCUT2D eigenvalue weighted by Gasteiger charge is 2.62. The Labute approximate surface area is 154 Å². The number of aliphatic hydroxyl groups excluding tert-OH is 3. The number of epoxide rings is 1. The van der Waals surface area contributed by atoms with Crippen LogP contribution in [0.3, 0.4) is 0 Å². The first-order valence-corrected chi connectivity index (χ1v) is 9.31. The van der Waals surface area contributed by atoms with Gasteiger partial charge in [-0.1, -0.05) is 26.0 Å². The fraction of sp³-hybridized carbons (Fsp3) is 0.842. The molecule has 0 saturated carbocycles. The van der Waals surface area contributed by atoms with Crippen LogP contribution in [-0.4, -0.2) is 69.1 Å². The first-order valence-electron chi connectivity index (χ1n) is 9.31. The molecule has 0 bridgehead atoms. The van der Waals surface area contributed by atoms with Crippen LogP contribution < -0.4 is 0 Å². The van der Waals surface area contributed by atoms with E-state index in [1.165, 1.54) is 0 Å². The summed E-state index contributed by atoms with van der Waals surface area (Å²) in [5.74, 6) is -3.83. The van der Waals surface area contributed by atoms with Crippen LogP contribution >= 0.6 is 0 Å². The van der Waals surface area contributed by atoms with Crippen molar-refractivity contribution >= 4 is 5.78 Å². The molecular weight excluding hydrogens is 340 g/mol. The third-order valence-electron chi connectivity index (χ3n) is 5.83. The van der Waals surface area contributed by atoms with Gasteiger partial charge in [-0.25, -0.2) is 0 Å². The number of hydrogen-bond acceptors (Lipinski definition) is 7. The maximum absolute atomic E-state index is 12.8. The van der Waals surface area contributed by atoms with Crippen LogP contribution in [-0.2, 0) is 14.3 Å². The fourth-order valence-corrected chi connectivity index (χ4v) is 3.93. The molecule has 4 N–H and O–H groups in total. The van der Waals surface area contributed by atoms with Gasteiger partial charge in [0.05, 0.1) is 43.4 Å². The normalized spacial score (nSPS) is 41.0. The van der Waals surface area contributed by atoms with Crippen LogP contribution in [0.15, 0.2) is 12.2 Å². The predicted molar refractivity (Wildman–Crippen MR) is 94.2 cm³/mol. The standard InChI is InChI=1S/C19H32O7/c1-5-7-11(3)17-18(4,26-17)16(23)12(9-20)15(22)13-10-25-19(24,6-2)8-14(13)21/h5,7,11-14,16-17,20-21,23-24H,6,8-10H2,1-4H3/b7-5-/t11-,12-,13-,14+,16-,17+,18?,19?/m0/s1. The van der Waals surface area contributed by atoms with E-state index in [1.807, 2.05) is 26.0 Å². The summed E-state index contributed by atoms with van der Waals surface area (Å²) >= 11 is 0. The van der Waals surface area contributed by atoms with Gasteiger partial charge >= 0.3 is 0 Å². The second kappa shape index (κ2) is 8.04. The molecule has 7 nitrogen and oxygen atoms in total. The number of carbonyl (C=O) groups is 1. The lowest BCUT2D eigenvalue weighted by Crippen LogP contribution is -2.53. The monoisotopic (exact) mass is 372 g/mol. The summed E-state index contributed by atoms with van der Waals surface area (Å²) in [4.78, 5) is 12.8. The van der Waals surface area contributed by atoms with E-state index in [2.05, 4.69) is 0 Å². The van der Waals surface area contributed by atoms with Crippen molar-refractivity contribution < 1.29 is 34.7 Å². The summed E-state index contributed by atoms with van der Waals surface area (Å²) in [7, 11) is 0. The molecule has 2 saturated heterocycles. The van der Waals surface area contributed by atoms with Crippen LogP contribution in [0, 0.1) is 17.8 Å². The van der Waals surface area contributed by atoms with Crippen molar-refractivity contribution in [2.24, 2.45) is 17.8 Å². The minimum Gasteiger partial charge on any atom is -0.396 e. The van der Waals surface area contributed by atoms with E-state index in [-0.39, 0.29) is 25.0 Å². The zero-order chi connectivity index (χ0) is 19.7. The Morgan fingerprint density at radius 3 is 2.58 bits per heavy atom. The van der Waals surface area contributed by atoms with Gasteiger partial charge in [-0.2, -0.15) is 0 Å². The second-order valence-corrected chi connectivity index (χ2v) is 7.73. The molecule has 2 aliphatic rings. The topological polar surface area (TPSA) is 120 Å². The lowest BCUT2D eigenvalue weighted by Gasteiger charge is -2.39. The Balaban J connectivity index is 2.07. The minimum absolute atomic E-state index is 0.0669. The Morgan fingerprint density at radius 1 is 1.42 bits per heavy atom. The Kier molecular flexibility index (Phi) is 6.64. The van der Waals surface area contributed by atoms with Crippen molar-refractivity contribution in [1.82, 2.24) is 0 Å². The van der Waals surface area contributed by atoms with Gasteiger partial charge in [-0.15, -0.1) is 0 Å². The molecule has 2 fully saturated rings. The van der Waals surface area contributed by atoms with Gasteiger partial charge in [0, 0.05) is 12.3 Å². The van der Waals surface area contributed by atoms with Crippen molar-refractivity contribution in [1.29, 1.82) is 0 Å². The Hall–Kier alpha value is -0.830. The van der Waals surface area contributed by atoms with E-state index in [0.29, 0.717) is 6.42 Å². The second-order valence-electron chi connectivity index (χ2n) is 7.73. The van der Waals surface area contributed by atoms with Crippen LogP contribution in [0.2, 0.25) is 0 Å². The van der Waals surface area contributed by atoms with Crippen molar-refractivity contribution in [2.45, 2.75) is 70.2 Å². The van der Waals surface area contributed by atoms with E-state index in [0.717, 1.165) is 0 Å². The lowest BCUT2D eigenvalue weighted by atomic mass is 9.78. The van der Waals surface area contributed by atoms with Gasteiger partial charge in [-0.3, -0.25) is 4.79 Å². The summed E-state index contributed by atoms with van der Waals surface area (Å²) in [5.41, 5.74) is -0.924. The van der Waals surface area contributed by atoms with Gasteiger partial charge in [0.1, 0.15) is 11.4 Å². The molecule has 8 atom stereocenters. The van der Waals surface area contributed by atoms with Gasteiger partial charge in [-0.05, 0) is 20.3 Å². The number of allylic oxidation sites excluding steroid dienone is 1. The molecule has 0 aromatic heterocycles. The van der Waals surface area contributed by atoms with Crippen molar-refractivity contribution in [3.8, 4) is 0 Å². The maximum Gasteiger partial charge on any atom is 0.167 e. The molecule has 26 heavy (non-hydrogen) atoms. The third-order valence-corrected chi connectivity index (χ3v) is 5.83. The van der Waals surface area contributed by atoms with Gasteiger partial charge in [0.15, 0.2) is 5.79 Å². The summed E-state index contributed by atoms with van der Waals surface area (Å²) in [5, 5.41) is 40.9. The Morgan fingerprint density at radius 2 is 2.08 bits per heavy atom. The van der Waals surface area contributed by atoms with E-state index in [9.17, 15) is 25.2 Å². The molecule has 2 aliphatic heterocycles. The van der Waals surface area contributed by atoms with Crippen molar-refractivity contribution in [3.63, 3.8) is 0 Å². The molecule has 0 amide bonds.